The number of amides is 1. The molecule has 0 radical (unpaired) electrons. The van der Waals surface area contributed by atoms with Crippen molar-refractivity contribution >= 4 is 22.4 Å². The first kappa shape index (κ1) is 14.4. The molecule has 0 saturated carbocycles. The average Bonchev–Trinajstić information content (AvgIpc) is 3.15. The van der Waals surface area contributed by atoms with E-state index in [9.17, 15) is 4.79 Å². The third kappa shape index (κ3) is 3.20. The van der Waals surface area contributed by atoms with Crippen molar-refractivity contribution in [2.75, 3.05) is 5.32 Å². The second-order valence-electron chi connectivity index (χ2n) is 5.04. The molecule has 0 unspecified atom stereocenters. The van der Waals surface area contributed by atoms with Gasteiger partial charge in [0.2, 0.25) is 0 Å². The topological polar surface area (TPSA) is 83.6 Å². The molecule has 2 N–H and O–H groups in total. The van der Waals surface area contributed by atoms with Crippen LogP contribution in [0.3, 0.4) is 0 Å². The van der Waals surface area contributed by atoms with Crippen LogP contribution in [0.4, 0.5) is 5.13 Å². The lowest BCUT2D eigenvalue weighted by atomic mass is 10.0. The van der Waals surface area contributed by atoms with Crippen LogP contribution in [0.5, 0.6) is 0 Å². The summed E-state index contributed by atoms with van der Waals surface area (Å²) in [6.07, 6.45) is 3.97. The molecular formula is C15H15N5OS. The van der Waals surface area contributed by atoms with E-state index in [1.54, 1.807) is 6.20 Å². The summed E-state index contributed by atoms with van der Waals surface area (Å²) in [4.78, 5) is 17.2. The molecule has 112 valence electrons. The van der Waals surface area contributed by atoms with Crippen LogP contribution in [0.1, 0.15) is 32.1 Å². The molecule has 0 saturated heterocycles. The van der Waals surface area contributed by atoms with Gasteiger partial charge in [-0.2, -0.15) is 15.4 Å². The lowest BCUT2D eigenvalue weighted by molar-refractivity contribution is 0.102. The first-order chi connectivity index (χ1) is 10.6. The molecule has 3 aromatic rings. The number of hydrogen-bond acceptors (Lipinski definition) is 5. The predicted octanol–water partition coefficient (Wildman–Crippen LogP) is 2.72. The first-order valence-corrected chi connectivity index (χ1v) is 7.61. The maximum atomic E-state index is 11.9. The van der Waals surface area contributed by atoms with Gasteiger partial charge in [-0.25, -0.2) is 4.98 Å². The summed E-state index contributed by atoms with van der Waals surface area (Å²) in [6, 6.07) is 6.43. The third-order valence-electron chi connectivity index (χ3n) is 3.37. The maximum Gasteiger partial charge on any atom is 0.279 e. The summed E-state index contributed by atoms with van der Waals surface area (Å²) in [5, 5.41) is 13.0. The minimum atomic E-state index is -0.319. The van der Waals surface area contributed by atoms with Crippen LogP contribution in [-0.2, 0) is 6.42 Å². The van der Waals surface area contributed by atoms with Crippen molar-refractivity contribution in [1.29, 1.82) is 0 Å². The van der Waals surface area contributed by atoms with Gasteiger partial charge in [0, 0.05) is 17.5 Å². The number of carbonyl (C=O) groups is 1. The molecule has 7 heteroatoms. The summed E-state index contributed by atoms with van der Waals surface area (Å²) >= 11 is 1.46. The number of thiazole rings is 1. The number of aromatic amines is 1. The molecule has 2 aromatic heterocycles. The molecule has 1 aromatic carbocycles. The molecule has 0 aliphatic rings. The van der Waals surface area contributed by atoms with E-state index in [0.717, 1.165) is 11.3 Å². The van der Waals surface area contributed by atoms with Crippen molar-refractivity contribution < 1.29 is 4.79 Å². The van der Waals surface area contributed by atoms with Gasteiger partial charge in [-0.3, -0.25) is 10.1 Å². The van der Waals surface area contributed by atoms with Gasteiger partial charge in [-0.1, -0.05) is 18.2 Å². The Labute approximate surface area is 131 Å². The Kier molecular flexibility index (Phi) is 3.97. The smallest absolute Gasteiger partial charge is 0.279 e. The molecule has 6 nitrogen and oxygen atoms in total. The highest BCUT2D eigenvalue weighted by Gasteiger charge is 2.11. The molecule has 2 heterocycles. The Balaban J connectivity index is 1.68. The molecule has 0 fully saturated rings. The zero-order chi connectivity index (χ0) is 15.5. The summed E-state index contributed by atoms with van der Waals surface area (Å²) in [7, 11) is 0. The molecule has 0 atom stereocenters. The van der Waals surface area contributed by atoms with Gasteiger partial charge in [-0.05, 0) is 30.5 Å². The van der Waals surface area contributed by atoms with Crippen molar-refractivity contribution in [3.63, 3.8) is 0 Å². The van der Waals surface area contributed by atoms with Crippen LogP contribution in [0, 0.1) is 13.8 Å². The highest BCUT2D eigenvalue weighted by atomic mass is 32.1. The van der Waals surface area contributed by atoms with Gasteiger partial charge in [-0.15, -0.1) is 11.3 Å². The number of aryl methyl sites for hydroxylation is 2. The molecule has 1 amide bonds. The fourth-order valence-corrected chi connectivity index (χ4v) is 2.88. The van der Waals surface area contributed by atoms with Crippen LogP contribution >= 0.6 is 11.3 Å². The highest BCUT2D eigenvalue weighted by Crippen LogP contribution is 2.22. The molecule has 0 bridgehead atoms. The molecule has 0 aliphatic heterocycles. The SMILES string of the molecule is Cc1ccc(Cc2cnc(NC(=O)c3cn[nH]n3)s2)cc1C. The average molecular weight is 313 g/mol. The van der Waals surface area contributed by atoms with E-state index in [4.69, 9.17) is 0 Å². The number of H-pyrrole nitrogens is 1. The van der Waals surface area contributed by atoms with Crippen LogP contribution in [0.15, 0.2) is 30.6 Å². The van der Waals surface area contributed by atoms with Gasteiger partial charge < -0.3 is 0 Å². The number of anilines is 1. The Bertz CT molecular complexity index is 794. The van der Waals surface area contributed by atoms with Crippen molar-refractivity contribution in [3.8, 4) is 0 Å². The zero-order valence-electron chi connectivity index (χ0n) is 12.3. The lowest BCUT2D eigenvalue weighted by Gasteiger charge is -2.03. The Morgan fingerprint density at radius 3 is 2.86 bits per heavy atom. The minimum Gasteiger partial charge on any atom is -0.296 e. The fourth-order valence-electron chi connectivity index (χ4n) is 2.03. The normalized spacial score (nSPS) is 10.6. The Hall–Kier alpha value is -2.54. The van der Waals surface area contributed by atoms with Gasteiger partial charge >= 0.3 is 0 Å². The first-order valence-electron chi connectivity index (χ1n) is 6.80. The monoisotopic (exact) mass is 313 g/mol. The summed E-state index contributed by atoms with van der Waals surface area (Å²) in [5.74, 6) is -0.319. The predicted molar refractivity (Wildman–Crippen MR) is 85.2 cm³/mol. The van der Waals surface area contributed by atoms with Crippen molar-refractivity contribution in [2.45, 2.75) is 20.3 Å². The maximum absolute atomic E-state index is 11.9. The number of nitrogens with one attached hydrogen (secondary N) is 2. The number of nitrogens with zero attached hydrogens (tertiary/aromatic N) is 3. The number of benzene rings is 1. The number of aromatic nitrogens is 4. The van der Waals surface area contributed by atoms with Gasteiger partial charge in [0.05, 0.1) is 6.20 Å². The molecule has 0 spiro atoms. The molecule has 0 aliphatic carbocycles. The van der Waals surface area contributed by atoms with E-state index < -0.39 is 0 Å². The van der Waals surface area contributed by atoms with Crippen molar-refractivity contribution in [2.24, 2.45) is 0 Å². The summed E-state index contributed by atoms with van der Waals surface area (Å²) in [6.45, 7) is 4.21. The number of rotatable bonds is 4. The Morgan fingerprint density at radius 2 is 2.14 bits per heavy atom. The molecule has 22 heavy (non-hydrogen) atoms. The zero-order valence-corrected chi connectivity index (χ0v) is 13.1. The number of hydrogen-bond donors (Lipinski definition) is 2. The van der Waals surface area contributed by atoms with Crippen LogP contribution < -0.4 is 5.32 Å². The van der Waals surface area contributed by atoms with E-state index >= 15 is 0 Å². The van der Waals surface area contributed by atoms with Crippen molar-refractivity contribution in [1.82, 2.24) is 20.4 Å². The van der Waals surface area contributed by atoms with Crippen LogP contribution in [0.2, 0.25) is 0 Å². The van der Waals surface area contributed by atoms with Crippen molar-refractivity contribution in [3.05, 3.63) is 57.9 Å². The van der Waals surface area contributed by atoms with E-state index in [0.29, 0.717) is 5.13 Å². The lowest BCUT2D eigenvalue weighted by Crippen LogP contribution is -2.11. The quantitative estimate of drug-likeness (QED) is 0.775. The Morgan fingerprint density at radius 1 is 1.27 bits per heavy atom. The van der Waals surface area contributed by atoms with Gasteiger partial charge in [0.25, 0.3) is 5.91 Å². The third-order valence-corrected chi connectivity index (χ3v) is 4.28. The highest BCUT2D eigenvalue weighted by molar-refractivity contribution is 7.15. The largest absolute Gasteiger partial charge is 0.296 e. The fraction of sp³-hybridized carbons (Fsp3) is 0.200. The minimum absolute atomic E-state index is 0.242. The molecular weight excluding hydrogens is 298 g/mol. The molecule has 3 rings (SSSR count). The standard InChI is InChI=1S/C15H15N5OS/c1-9-3-4-11(5-10(9)2)6-12-7-16-15(22-12)18-14(21)13-8-17-20-19-13/h3-5,7-8H,6H2,1-2H3,(H,16,18,21)(H,17,19,20). The number of carbonyl (C=O) groups excluding carboxylic acids is 1. The van der Waals surface area contributed by atoms with Gasteiger partial charge in [0.15, 0.2) is 10.8 Å². The second-order valence-corrected chi connectivity index (χ2v) is 6.15. The summed E-state index contributed by atoms with van der Waals surface area (Å²) < 4.78 is 0. The van der Waals surface area contributed by atoms with E-state index in [2.05, 4.69) is 57.8 Å². The van der Waals surface area contributed by atoms with Crippen LogP contribution in [0.25, 0.3) is 0 Å². The van der Waals surface area contributed by atoms with E-state index in [1.807, 2.05) is 0 Å². The van der Waals surface area contributed by atoms with E-state index in [1.165, 1.54) is 34.2 Å². The van der Waals surface area contributed by atoms with Crippen LogP contribution in [-0.4, -0.2) is 26.3 Å². The van der Waals surface area contributed by atoms with Gasteiger partial charge in [0.1, 0.15) is 0 Å². The van der Waals surface area contributed by atoms with E-state index in [-0.39, 0.29) is 11.6 Å². The summed E-state index contributed by atoms with van der Waals surface area (Å²) in [5.41, 5.74) is 4.04. The second kappa shape index (κ2) is 6.07.